The van der Waals surface area contributed by atoms with E-state index in [9.17, 15) is 0 Å². The molecule has 0 atom stereocenters. The van der Waals surface area contributed by atoms with Gasteiger partial charge in [-0.15, -0.1) is 0 Å². The first-order valence-corrected chi connectivity index (χ1v) is 11.0. The molecule has 142 valence electrons. The molecule has 26 heavy (non-hydrogen) atoms. The summed E-state index contributed by atoms with van der Waals surface area (Å²) in [6.45, 7) is 3.18. The predicted octanol–water partition coefficient (Wildman–Crippen LogP) is 7.21. The average molecular weight is 372 g/mol. The first kappa shape index (κ1) is 19.6. The van der Waals surface area contributed by atoms with Gasteiger partial charge in [0.25, 0.3) is 0 Å². The highest BCUT2D eigenvalue weighted by atomic mass is 32.1. The average Bonchev–Trinajstić information content (AvgIpc) is 2.69. The minimum Gasteiger partial charge on any atom is -0.493 e. The molecule has 0 aliphatic heterocycles. The quantitative estimate of drug-likeness (QED) is 0.373. The third-order valence-corrected chi connectivity index (χ3v) is 6.73. The lowest BCUT2D eigenvalue weighted by Crippen LogP contribution is -2.27. The number of ether oxygens (including phenoxy) is 1. The number of nitrogens with zero attached hydrogens (tertiary/aromatic N) is 1. The Bertz CT molecular complexity index is 577. The summed E-state index contributed by atoms with van der Waals surface area (Å²) in [6.07, 6.45) is 14.3. The Balaban J connectivity index is 1.37. The molecule has 0 N–H and O–H groups in total. The van der Waals surface area contributed by atoms with Crippen molar-refractivity contribution >= 4 is 23.1 Å². The van der Waals surface area contributed by atoms with Crippen LogP contribution >= 0.6 is 12.2 Å². The maximum Gasteiger partial charge on any atom is 0.119 e. The Morgan fingerprint density at radius 3 is 2.04 bits per heavy atom. The van der Waals surface area contributed by atoms with Crippen LogP contribution in [0.2, 0.25) is 0 Å². The topological polar surface area (TPSA) is 21.6 Å². The van der Waals surface area contributed by atoms with Gasteiger partial charge < -0.3 is 4.74 Å². The summed E-state index contributed by atoms with van der Waals surface area (Å²) >= 11 is 4.63. The molecule has 0 unspecified atom stereocenters. The lowest BCUT2D eigenvalue weighted by molar-refractivity contribution is 0.122. The third-order valence-electron chi connectivity index (χ3n) is 6.64. The van der Waals surface area contributed by atoms with Crippen molar-refractivity contribution in [3.63, 3.8) is 0 Å². The molecule has 0 bridgehead atoms. The van der Waals surface area contributed by atoms with Crippen LogP contribution in [0.1, 0.15) is 71.1 Å². The predicted molar refractivity (Wildman–Crippen MR) is 112 cm³/mol. The maximum atomic E-state index is 6.01. The van der Waals surface area contributed by atoms with Gasteiger partial charge in [-0.1, -0.05) is 32.6 Å². The van der Waals surface area contributed by atoms with Gasteiger partial charge in [0.15, 0.2) is 0 Å². The van der Waals surface area contributed by atoms with Crippen LogP contribution < -0.4 is 4.74 Å². The SMILES string of the molecule is CCCC1CCC(C2CCC(COc3ccc(N=C=S)cc3)CC2)CC1. The monoisotopic (exact) mass is 371 g/mol. The highest BCUT2D eigenvalue weighted by Crippen LogP contribution is 2.42. The van der Waals surface area contributed by atoms with Crippen molar-refractivity contribution in [1.29, 1.82) is 0 Å². The highest BCUT2D eigenvalue weighted by Gasteiger charge is 2.30. The summed E-state index contributed by atoms with van der Waals surface area (Å²) in [5.41, 5.74) is 0.835. The van der Waals surface area contributed by atoms with Crippen molar-refractivity contribution < 1.29 is 4.74 Å². The first-order chi connectivity index (χ1) is 12.8. The molecular formula is C23H33NOS. The van der Waals surface area contributed by atoms with Gasteiger partial charge in [-0.05, 0) is 98.7 Å². The van der Waals surface area contributed by atoms with Gasteiger partial charge in [-0.25, -0.2) is 0 Å². The molecule has 0 radical (unpaired) electrons. The van der Waals surface area contributed by atoms with Gasteiger partial charge in [-0.3, -0.25) is 0 Å². The zero-order valence-corrected chi connectivity index (χ0v) is 17.0. The van der Waals surface area contributed by atoms with E-state index in [1.165, 1.54) is 64.2 Å². The molecule has 2 fully saturated rings. The highest BCUT2D eigenvalue weighted by molar-refractivity contribution is 7.78. The van der Waals surface area contributed by atoms with Crippen molar-refractivity contribution in [2.75, 3.05) is 6.61 Å². The summed E-state index contributed by atoms with van der Waals surface area (Å²) in [6, 6.07) is 7.82. The second-order valence-electron chi connectivity index (χ2n) is 8.36. The molecule has 2 aliphatic rings. The van der Waals surface area contributed by atoms with Crippen LogP contribution in [0.15, 0.2) is 29.3 Å². The van der Waals surface area contributed by atoms with Gasteiger partial charge in [0.05, 0.1) is 17.5 Å². The second kappa shape index (κ2) is 10.2. The van der Waals surface area contributed by atoms with E-state index in [2.05, 4.69) is 29.3 Å². The molecule has 0 aromatic heterocycles. The molecule has 3 rings (SSSR count). The number of benzene rings is 1. The molecular weight excluding hydrogens is 338 g/mol. The molecule has 1 aromatic carbocycles. The largest absolute Gasteiger partial charge is 0.493 e. The number of rotatable bonds is 7. The van der Waals surface area contributed by atoms with Crippen molar-refractivity contribution in [1.82, 2.24) is 0 Å². The molecule has 2 saturated carbocycles. The van der Waals surface area contributed by atoms with Crippen LogP contribution in [0, 0.1) is 23.7 Å². The summed E-state index contributed by atoms with van der Waals surface area (Å²) in [5.74, 6) is 4.69. The van der Waals surface area contributed by atoms with Gasteiger partial charge >= 0.3 is 0 Å². The van der Waals surface area contributed by atoms with Crippen molar-refractivity contribution in [2.45, 2.75) is 71.1 Å². The molecule has 2 aliphatic carbocycles. The number of aliphatic imine (C=N–C) groups is 1. The number of hydrogen-bond donors (Lipinski definition) is 0. The zero-order chi connectivity index (χ0) is 18.2. The molecule has 3 heteroatoms. The van der Waals surface area contributed by atoms with E-state index in [1.54, 1.807) is 0 Å². The van der Waals surface area contributed by atoms with Crippen molar-refractivity contribution in [2.24, 2.45) is 28.7 Å². The third kappa shape index (κ3) is 5.66. The Morgan fingerprint density at radius 1 is 0.923 bits per heavy atom. The lowest BCUT2D eigenvalue weighted by Gasteiger charge is -2.37. The lowest BCUT2D eigenvalue weighted by atomic mass is 9.69. The first-order valence-electron chi connectivity index (χ1n) is 10.6. The normalized spacial score (nSPS) is 29.0. The van der Waals surface area contributed by atoms with Crippen LogP contribution in [0.3, 0.4) is 0 Å². The fourth-order valence-electron chi connectivity index (χ4n) is 5.07. The maximum absolute atomic E-state index is 6.01. The number of isothiocyanates is 1. The van der Waals surface area contributed by atoms with E-state index < -0.39 is 0 Å². The number of thiocarbonyl (C=S) groups is 1. The Hall–Kier alpha value is -1.18. The van der Waals surface area contributed by atoms with E-state index >= 15 is 0 Å². The summed E-state index contributed by atoms with van der Waals surface area (Å²) in [4.78, 5) is 3.97. The van der Waals surface area contributed by atoms with E-state index in [0.29, 0.717) is 0 Å². The second-order valence-corrected chi connectivity index (χ2v) is 8.54. The molecule has 0 heterocycles. The van der Waals surface area contributed by atoms with Gasteiger partial charge in [0, 0.05) is 0 Å². The van der Waals surface area contributed by atoms with Gasteiger partial charge in [0.2, 0.25) is 0 Å². The van der Waals surface area contributed by atoms with Crippen LogP contribution in [-0.4, -0.2) is 11.8 Å². The molecule has 0 spiro atoms. The zero-order valence-electron chi connectivity index (χ0n) is 16.2. The molecule has 0 saturated heterocycles. The summed E-state index contributed by atoms with van der Waals surface area (Å²) < 4.78 is 6.01. The van der Waals surface area contributed by atoms with Gasteiger partial charge in [-0.2, -0.15) is 4.99 Å². The van der Waals surface area contributed by atoms with Crippen LogP contribution in [-0.2, 0) is 0 Å². The van der Waals surface area contributed by atoms with E-state index in [-0.39, 0.29) is 0 Å². The van der Waals surface area contributed by atoms with Crippen LogP contribution in [0.5, 0.6) is 5.75 Å². The smallest absolute Gasteiger partial charge is 0.119 e. The summed E-state index contributed by atoms with van der Waals surface area (Å²) in [7, 11) is 0. The Labute approximate surface area is 164 Å². The summed E-state index contributed by atoms with van der Waals surface area (Å²) in [5, 5.41) is 2.39. The van der Waals surface area contributed by atoms with Crippen LogP contribution in [0.4, 0.5) is 5.69 Å². The minimum atomic E-state index is 0.723. The van der Waals surface area contributed by atoms with Crippen molar-refractivity contribution in [3.8, 4) is 5.75 Å². The van der Waals surface area contributed by atoms with E-state index in [4.69, 9.17) is 4.74 Å². The van der Waals surface area contributed by atoms with E-state index in [0.717, 1.165) is 41.7 Å². The minimum absolute atomic E-state index is 0.723. The van der Waals surface area contributed by atoms with Crippen LogP contribution in [0.25, 0.3) is 0 Å². The standard InChI is InChI=1S/C23H33NOS/c1-2-3-18-4-8-20(9-5-18)21-10-6-19(7-11-21)16-25-23-14-12-22(13-15-23)24-17-26/h12-15,18-21H,2-11,16H2,1H3. The fourth-order valence-corrected chi connectivity index (χ4v) is 5.17. The molecule has 1 aromatic rings. The number of hydrogen-bond acceptors (Lipinski definition) is 3. The molecule has 2 nitrogen and oxygen atoms in total. The Morgan fingerprint density at radius 2 is 1.50 bits per heavy atom. The fraction of sp³-hybridized carbons (Fsp3) is 0.696. The van der Waals surface area contributed by atoms with E-state index in [1.807, 2.05) is 24.3 Å². The van der Waals surface area contributed by atoms with Gasteiger partial charge in [0.1, 0.15) is 5.75 Å². The Kier molecular flexibility index (Phi) is 7.70. The van der Waals surface area contributed by atoms with Crippen molar-refractivity contribution in [3.05, 3.63) is 24.3 Å². The molecule has 0 amide bonds.